The molecule has 0 radical (unpaired) electrons. The highest BCUT2D eigenvalue weighted by Crippen LogP contribution is 2.29. The number of aryl methyl sites for hydroxylation is 2. The molecule has 3 heteroatoms. The van der Waals surface area contributed by atoms with Gasteiger partial charge in [0.05, 0.1) is 12.7 Å². The van der Waals surface area contributed by atoms with Crippen LogP contribution >= 0.6 is 0 Å². The zero-order valence-corrected chi connectivity index (χ0v) is 16.7. The van der Waals surface area contributed by atoms with Gasteiger partial charge in [-0.3, -0.25) is 0 Å². The molecule has 0 unspecified atom stereocenters. The van der Waals surface area contributed by atoms with Crippen LogP contribution in [0.15, 0.2) is 77.4 Å². The Morgan fingerprint density at radius 2 is 1.79 bits per heavy atom. The molecule has 0 amide bonds. The van der Waals surface area contributed by atoms with Gasteiger partial charge in [-0.05, 0) is 67.5 Å². The molecular weight excluding hydrogens is 348 g/mol. The van der Waals surface area contributed by atoms with Crippen molar-refractivity contribution in [2.75, 3.05) is 7.11 Å². The normalized spacial score (nSPS) is 13.0. The predicted molar refractivity (Wildman–Crippen MR) is 113 cm³/mol. The third kappa shape index (κ3) is 4.42. The number of fused-ring (bicyclic) bond motifs is 2. The lowest BCUT2D eigenvalue weighted by Gasteiger charge is -2.18. The Labute approximate surface area is 166 Å². The van der Waals surface area contributed by atoms with E-state index in [1.165, 1.54) is 11.1 Å². The van der Waals surface area contributed by atoms with Crippen LogP contribution in [0.4, 0.5) is 0 Å². The number of hydrogen-bond acceptors (Lipinski definition) is 2. The van der Waals surface area contributed by atoms with Crippen molar-refractivity contribution in [2.45, 2.75) is 33.1 Å². The maximum absolute atomic E-state index is 11.7. The Morgan fingerprint density at radius 1 is 1.04 bits per heavy atom. The second kappa shape index (κ2) is 8.75. The van der Waals surface area contributed by atoms with Crippen LogP contribution in [-0.4, -0.2) is 18.2 Å². The Bertz CT molecular complexity index is 959. The maximum atomic E-state index is 11.7. The highest BCUT2D eigenvalue weighted by Gasteiger charge is 2.19. The summed E-state index contributed by atoms with van der Waals surface area (Å²) < 4.78 is 5.66. The average molecular weight is 374 g/mol. The van der Waals surface area contributed by atoms with E-state index in [9.17, 15) is 9.90 Å². The first-order chi connectivity index (χ1) is 13.5. The van der Waals surface area contributed by atoms with Crippen LogP contribution in [0, 0.1) is 0 Å². The molecule has 144 valence electrons. The van der Waals surface area contributed by atoms with Gasteiger partial charge in [-0.2, -0.15) is 0 Å². The van der Waals surface area contributed by atoms with Gasteiger partial charge in [0.15, 0.2) is 0 Å². The van der Waals surface area contributed by atoms with E-state index in [4.69, 9.17) is 4.74 Å². The van der Waals surface area contributed by atoms with Crippen molar-refractivity contribution in [3.8, 4) is 0 Å². The fourth-order valence-electron chi connectivity index (χ4n) is 3.67. The van der Waals surface area contributed by atoms with Crippen LogP contribution in [0.3, 0.4) is 0 Å². The summed E-state index contributed by atoms with van der Waals surface area (Å²) in [6, 6.07) is 16.8. The lowest BCUT2D eigenvalue weighted by molar-refractivity contribution is -0.132. The van der Waals surface area contributed by atoms with Crippen LogP contribution < -0.4 is 0 Å². The molecule has 2 aromatic carbocycles. The zero-order chi connectivity index (χ0) is 20.1. The second-order valence-electron chi connectivity index (χ2n) is 7.26. The van der Waals surface area contributed by atoms with Crippen molar-refractivity contribution in [3.63, 3.8) is 0 Å². The molecular formula is C25H26O3. The zero-order valence-electron chi connectivity index (χ0n) is 16.7. The van der Waals surface area contributed by atoms with E-state index >= 15 is 0 Å². The van der Waals surface area contributed by atoms with Crippen molar-refractivity contribution in [3.05, 3.63) is 99.7 Å². The fraction of sp³-hybridized carbons (Fsp3) is 0.240. The number of rotatable bonds is 6. The molecule has 0 fully saturated rings. The third-order valence-corrected chi connectivity index (χ3v) is 5.05. The Kier molecular flexibility index (Phi) is 6.15. The molecule has 28 heavy (non-hydrogen) atoms. The number of carboxylic acids is 1. The summed E-state index contributed by atoms with van der Waals surface area (Å²) in [6.45, 7) is 3.67. The highest BCUT2D eigenvalue weighted by molar-refractivity contribution is 5.93. The number of carbonyl (C=O) groups is 1. The van der Waals surface area contributed by atoms with Gasteiger partial charge in [-0.25, -0.2) is 4.79 Å². The summed E-state index contributed by atoms with van der Waals surface area (Å²) in [6.07, 6.45) is 6.26. The Morgan fingerprint density at radius 3 is 2.43 bits per heavy atom. The van der Waals surface area contributed by atoms with E-state index in [0.717, 1.165) is 40.9 Å². The maximum Gasteiger partial charge on any atom is 0.335 e. The van der Waals surface area contributed by atoms with Gasteiger partial charge in [-0.15, -0.1) is 0 Å². The molecule has 3 nitrogen and oxygen atoms in total. The lowest BCUT2D eigenvalue weighted by Crippen LogP contribution is -2.09. The number of allylic oxidation sites excluding steroid dienone is 3. The topological polar surface area (TPSA) is 46.5 Å². The molecule has 1 N–H and O–H groups in total. The van der Waals surface area contributed by atoms with E-state index in [0.29, 0.717) is 12.0 Å². The number of benzene rings is 2. The molecule has 0 saturated carbocycles. The van der Waals surface area contributed by atoms with Gasteiger partial charge >= 0.3 is 5.97 Å². The van der Waals surface area contributed by atoms with Crippen LogP contribution in [0.2, 0.25) is 0 Å². The van der Waals surface area contributed by atoms with Crippen molar-refractivity contribution in [1.82, 2.24) is 0 Å². The lowest BCUT2D eigenvalue weighted by atomic mass is 9.89. The molecule has 0 atom stereocenters. The summed E-state index contributed by atoms with van der Waals surface area (Å²) >= 11 is 0. The second-order valence-corrected chi connectivity index (χ2v) is 7.26. The van der Waals surface area contributed by atoms with E-state index in [2.05, 4.69) is 42.5 Å². The van der Waals surface area contributed by atoms with Gasteiger partial charge in [0.25, 0.3) is 0 Å². The van der Waals surface area contributed by atoms with Crippen molar-refractivity contribution in [2.24, 2.45) is 0 Å². The third-order valence-electron chi connectivity index (χ3n) is 5.05. The number of methoxy groups -OCH3 is 1. The average Bonchev–Trinajstić information content (AvgIpc) is 2.66. The van der Waals surface area contributed by atoms with Crippen LogP contribution in [0.5, 0.6) is 0 Å². The van der Waals surface area contributed by atoms with Crippen molar-refractivity contribution in [1.29, 1.82) is 0 Å². The fourth-order valence-corrected chi connectivity index (χ4v) is 3.67. The minimum atomic E-state index is -0.890. The van der Waals surface area contributed by atoms with Crippen LogP contribution in [-0.2, 0) is 28.8 Å². The van der Waals surface area contributed by atoms with Gasteiger partial charge in [0.2, 0.25) is 0 Å². The molecule has 0 saturated heterocycles. The molecule has 1 aliphatic carbocycles. The van der Waals surface area contributed by atoms with Crippen molar-refractivity contribution < 1.29 is 14.6 Å². The Hall–Kier alpha value is -3.07. The molecule has 2 bridgehead atoms. The molecule has 0 aromatic heterocycles. The first-order valence-electron chi connectivity index (χ1n) is 9.51. The van der Waals surface area contributed by atoms with Gasteiger partial charge in [0.1, 0.15) is 5.76 Å². The van der Waals surface area contributed by atoms with Gasteiger partial charge < -0.3 is 9.84 Å². The molecule has 0 aliphatic heterocycles. The van der Waals surface area contributed by atoms with E-state index in [1.54, 1.807) is 7.11 Å². The first-order valence-corrected chi connectivity index (χ1v) is 9.51. The van der Waals surface area contributed by atoms with Crippen molar-refractivity contribution >= 4 is 11.7 Å². The summed E-state index contributed by atoms with van der Waals surface area (Å²) in [5.41, 5.74) is 6.69. The monoisotopic (exact) mass is 374 g/mol. The standard InChI is InChI=1S/C25H26O3/c1-17(2)24(25(26)27)21-13-14-23(28-3)22-16-19(15-21)10-12-20(22)11-9-18-7-5-4-6-8-18/h4-8,10,12-14,16H,9,11,15H2,1-3H3,(H,26,27). The quantitative estimate of drug-likeness (QED) is 0.692. The summed E-state index contributed by atoms with van der Waals surface area (Å²) in [7, 11) is 1.66. The van der Waals surface area contributed by atoms with Gasteiger partial charge in [-0.1, -0.05) is 54.1 Å². The highest BCUT2D eigenvalue weighted by atomic mass is 16.5. The number of aliphatic carboxylic acids is 1. The smallest absolute Gasteiger partial charge is 0.335 e. The minimum Gasteiger partial charge on any atom is -0.496 e. The molecule has 2 aromatic rings. The Balaban J connectivity index is 1.96. The van der Waals surface area contributed by atoms with E-state index in [-0.39, 0.29) is 0 Å². The predicted octanol–water partition coefficient (Wildman–Crippen LogP) is 5.36. The summed E-state index contributed by atoms with van der Waals surface area (Å²) in [5, 5.41) is 9.63. The molecule has 0 spiro atoms. The van der Waals surface area contributed by atoms with Crippen LogP contribution in [0.1, 0.15) is 36.1 Å². The number of hydrogen-bond donors (Lipinski definition) is 1. The minimum absolute atomic E-state index is 0.378. The summed E-state index contributed by atoms with van der Waals surface area (Å²) in [4.78, 5) is 11.7. The summed E-state index contributed by atoms with van der Waals surface area (Å²) in [5.74, 6) is -0.125. The van der Waals surface area contributed by atoms with E-state index in [1.807, 2.05) is 32.1 Å². The van der Waals surface area contributed by atoms with Crippen LogP contribution in [0.25, 0.3) is 5.76 Å². The molecule has 3 rings (SSSR count). The number of carboxylic acid groups (broad SMARTS) is 1. The SMILES string of the molecule is COC1=CC=C(C(C(=O)O)=C(C)C)Cc2ccc(CCc3ccccc3)c1c2. The number of ether oxygens (including phenoxy) is 1. The first kappa shape index (κ1) is 19.7. The molecule has 0 heterocycles. The van der Waals surface area contributed by atoms with E-state index < -0.39 is 5.97 Å². The molecule has 1 aliphatic rings. The van der Waals surface area contributed by atoms with Gasteiger partial charge in [0, 0.05) is 5.56 Å². The largest absolute Gasteiger partial charge is 0.496 e.